The SMILES string of the molecule is COC(=O)C[C@H](NC(=O)OC(C)(C)C)C(=O)N1CCCC1. The largest absolute Gasteiger partial charge is 0.469 e. The fourth-order valence-electron chi connectivity index (χ4n) is 2.06. The number of hydrogen-bond acceptors (Lipinski definition) is 5. The molecule has 7 heteroatoms. The molecule has 0 bridgehead atoms. The molecule has 1 aliphatic heterocycles. The maximum atomic E-state index is 12.3. The molecule has 1 heterocycles. The summed E-state index contributed by atoms with van der Waals surface area (Å²) in [6.45, 7) is 6.47. The van der Waals surface area contributed by atoms with Crippen molar-refractivity contribution in [1.29, 1.82) is 0 Å². The molecule has 1 fully saturated rings. The van der Waals surface area contributed by atoms with Crippen LogP contribution in [0, 0.1) is 0 Å². The Morgan fingerprint density at radius 2 is 1.76 bits per heavy atom. The molecule has 1 rings (SSSR count). The lowest BCUT2D eigenvalue weighted by molar-refractivity contribution is -0.144. The highest BCUT2D eigenvalue weighted by Crippen LogP contribution is 2.12. The van der Waals surface area contributed by atoms with Crippen molar-refractivity contribution >= 4 is 18.0 Å². The number of hydrogen-bond donors (Lipinski definition) is 1. The number of ether oxygens (including phenoxy) is 2. The fraction of sp³-hybridized carbons (Fsp3) is 0.786. The molecule has 0 aromatic heterocycles. The first kappa shape index (κ1) is 17.3. The zero-order valence-electron chi connectivity index (χ0n) is 13.1. The summed E-state index contributed by atoms with van der Waals surface area (Å²) in [6, 6.07) is -0.953. The van der Waals surface area contributed by atoms with Gasteiger partial charge in [0.1, 0.15) is 11.6 Å². The van der Waals surface area contributed by atoms with Crippen molar-refractivity contribution in [3.05, 3.63) is 0 Å². The predicted molar refractivity (Wildman–Crippen MR) is 75.6 cm³/mol. The van der Waals surface area contributed by atoms with E-state index in [2.05, 4.69) is 10.1 Å². The third kappa shape index (κ3) is 6.01. The van der Waals surface area contributed by atoms with Crippen LogP contribution in [0.2, 0.25) is 0 Å². The number of carbonyl (C=O) groups excluding carboxylic acids is 3. The first-order valence-electron chi connectivity index (χ1n) is 7.08. The molecule has 0 aromatic rings. The molecule has 0 spiro atoms. The Bertz CT molecular complexity index is 397. The molecule has 0 unspecified atom stereocenters. The van der Waals surface area contributed by atoms with Crippen LogP contribution in [0.15, 0.2) is 0 Å². The molecule has 1 aliphatic rings. The van der Waals surface area contributed by atoms with Gasteiger partial charge >= 0.3 is 12.1 Å². The Labute approximate surface area is 124 Å². The Kier molecular flexibility index (Phi) is 5.99. The van der Waals surface area contributed by atoms with E-state index in [0.717, 1.165) is 12.8 Å². The highest BCUT2D eigenvalue weighted by atomic mass is 16.6. The molecule has 0 radical (unpaired) electrons. The van der Waals surface area contributed by atoms with Gasteiger partial charge in [-0.2, -0.15) is 0 Å². The van der Waals surface area contributed by atoms with Gasteiger partial charge in [0.25, 0.3) is 0 Å². The van der Waals surface area contributed by atoms with Crippen LogP contribution in [0.1, 0.15) is 40.0 Å². The molecule has 0 aliphatic carbocycles. The van der Waals surface area contributed by atoms with E-state index in [1.54, 1.807) is 25.7 Å². The first-order chi connectivity index (χ1) is 9.73. The Morgan fingerprint density at radius 1 is 1.19 bits per heavy atom. The van der Waals surface area contributed by atoms with Crippen LogP contribution in [0.25, 0.3) is 0 Å². The molecule has 0 aromatic carbocycles. The van der Waals surface area contributed by atoms with E-state index in [1.807, 2.05) is 0 Å². The molecule has 1 N–H and O–H groups in total. The van der Waals surface area contributed by atoms with E-state index in [0.29, 0.717) is 13.1 Å². The second kappa shape index (κ2) is 7.28. The molecule has 2 amide bonds. The number of nitrogens with zero attached hydrogens (tertiary/aromatic N) is 1. The highest BCUT2D eigenvalue weighted by Gasteiger charge is 2.31. The van der Waals surface area contributed by atoms with E-state index in [-0.39, 0.29) is 12.3 Å². The van der Waals surface area contributed by atoms with Gasteiger partial charge in [0.2, 0.25) is 5.91 Å². The van der Waals surface area contributed by atoms with Crippen molar-refractivity contribution in [2.24, 2.45) is 0 Å². The minimum atomic E-state index is -0.953. The second-order valence-corrected chi connectivity index (χ2v) is 6.01. The number of nitrogens with one attached hydrogen (secondary N) is 1. The van der Waals surface area contributed by atoms with Crippen molar-refractivity contribution in [3.8, 4) is 0 Å². The zero-order valence-corrected chi connectivity index (χ0v) is 13.1. The van der Waals surface area contributed by atoms with Gasteiger partial charge in [-0.1, -0.05) is 0 Å². The van der Waals surface area contributed by atoms with E-state index in [1.165, 1.54) is 7.11 Å². The number of amides is 2. The monoisotopic (exact) mass is 300 g/mol. The molecule has 1 saturated heterocycles. The Hall–Kier alpha value is -1.79. The summed E-state index contributed by atoms with van der Waals surface area (Å²) in [5.74, 6) is -0.827. The van der Waals surface area contributed by atoms with Gasteiger partial charge in [0, 0.05) is 13.1 Å². The van der Waals surface area contributed by atoms with Gasteiger partial charge in [0.05, 0.1) is 13.5 Å². The second-order valence-electron chi connectivity index (χ2n) is 6.01. The number of likely N-dealkylation sites (tertiary alicyclic amines) is 1. The van der Waals surface area contributed by atoms with Crippen LogP contribution in [0.4, 0.5) is 4.79 Å². The summed E-state index contributed by atoms with van der Waals surface area (Å²) in [6.07, 6.45) is 0.945. The van der Waals surface area contributed by atoms with Crippen LogP contribution in [-0.4, -0.2) is 54.7 Å². The number of rotatable bonds is 4. The van der Waals surface area contributed by atoms with Gasteiger partial charge in [0.15, 0.2) is 0 Å². The van der Waals surface area contributed by atoms with Gasteiger partial charge in [-0.05, 0) is 33.6 Å². The van der Waals surface area contributed by atoms with Crippen LogP contribution < -0.4 is 5.32 Å². The minimum Gasteiger partial charge on any atom is -0.469 e. The Morgan fingerprint density at radius 3 is 2.24 bits per heavy atom. The zero-order chi connectivity index (χ0) is 16.0. The quantitative estimate of drug-likeness (QED) is 0.785. The molecule has 21 heavy (non-hydrogen) atoms. The maximum Gasteiger partial charge on any atom is 0.408 e. The number of carbonyl (C=O) groups is 3. The smallest absolute Gasteiger partial charge is 0.408 e. The molecular formula is C14H24N2O5. The molecular weight excluding hydrogens is 276 g/mol. The molecule has 120 valence electrons. The average Bonchev–Trinajstić information content (AvgIpc) is 2.88. The van der Waals surface area contributed by atoms with Gasteiger partial charge in [-0.25, -0.2) is 4.79 Å². The van der Waals surface area contributed by atoms with Crippen LogP contribution >= 0.6 is 0 Å². The van der Waals surface area contributed by atoms with Crippen molar-refractivity contribution in [2.45, 2.75) is 51.7 Å². The van der Waals surface area contributed by atoms with Crippen LogP contribution in [-0.2, 0) is 19.1 Å². The molecule has 0 saturated carbocycles. The van der Waals surface area contributed by atoms with Crippen LogP contribution in [0.5, 0.6) is 0 Å². The lowest BCUT2D eigenvalue weighted by Gasteiger charge is -2.25. The van der Waals surface area contributed by atoms with Crippen LogP contribution in [0.3, 0.4) is 0 Å². The van der Waals surface area contributed by atoms with Crippen molar-refractivity contribution in [3.63, 3.8) is 0 Å². The van der Waals surface area contributed by atoms with Gasteiger partial charge in [-0.3, -0.25) is 9.59 Å². The lowest BCUT2D eigenvalue weighted by Crippen LogP contribution is -2.50. The summed E-state index contributed by atoms with van der Waals surface area (Å²) in [4.78, 5) is 37.2. The number of alkyl carbamates (subject to hydrolysis) is 1. The molecule has 1 atom stereocenters. The normalized spacial score (nSPS) is 16.3. The van der Waals surface area contributed by atoms with Crippen molar-refractivity contribution in [1.82, 2.24) is 10.2 Å². The summed E-state index contributed by atoms with van der Waals surface area (Å²) in [5, 5.41) is 2.46. The summed E-state index contributed by atoms with van der Waals surface area (Å²) < 4.78 is 9.70. The fourth-order valence-corrected chi connectivity index (χ4v) is 2.06. The minimum absolute atomic E-state index is 0.203. The average molecular weight is 300 g/mol. The van der Waals surface area contributed by atoms with Crippen molar-refractivity contribution in [2.75, 3.05) is 20.2 Å². The maximum absolute atomic E-state index is 12.3. The lowest BCUT2D eigenvalue weighted by atomic mass is 10.1. The van der Waals surface area contributed by atoms with E-state index < -0.39 is 23.7 Å². The third-order valence-corrected chi connectivity index (χ3v) is 3.01. The molecule has 7 nitrogen and oxygen atoms in total. The summed E-state index contributed by atoms with van der Waals surface area (Å²) >= 11 is 0. The predicted octanol–water partition coefficient (Wildman–Crippen LogP) is 1.07. The Balaban J connectivity index is 2.69. The van der Waals surface area contributed by atoms with Crippen molar-refractivity contribution < 1.29 is 23.9 Å². The van der Waals surface area contributed by atoms with E-state index >= 15 is 0 Å². The summed E-state index contributed by atoms with van der Waals surface area (Å²) in [7, 11) is 1.24. The van der Waals surface area contributed by atoms with E-state index in [9.17, 15) is 14.4 Å². The third-order valence-electron chi connectivity index (χ3n) is 3.01. The topological polar surface area (TPSA) is 84.9 Å². The first-order valence-corrected chi connectivity index (χ1v) is 7.08. The summed E-state index contributed by atoms with van der Waals surface area (Å²) in [5.41, 5.74) is -0.670. The van der Waals surface area contributed by atoms with Gasteiger partial charge in [-0.15, -0.1) is 0 Å². The number of esters is 1. The standard InChI is InChI=1S/C14H24N2O5/c1-14(2,3)21-13(19)15-10(9-11(17)20-4)12(18)16-7-5-6-8-16/h10H,5-9H2,1-4H3,(H,15,19)/t10-/m0/s1. The van der Waals surface area contributed by atoms with Gasteiger partial charge < -0.3 is 19.7 Å². The highest BCUT2D eigenvalue weighted by molar-refractivity contribution is 5.89. The van der Waals surface area contributed by atoms with E-state index in [4.69, 9.17) is 4.74 Å². The number of methoxy groups -OCH3 is 1.